The molecule has 68 valence electrons. The van der Waals surface area contributed by atoms with Crippen LogP contribution in [0.1, 0.15) is 17.9 Å². The van der Waals surface area contributed by atoms with Crippen molar-refractivity contribution in [3.8, 4) is 0 Å². The zero-order valence-electron chi connectivity index (χ0n) is 7.48. The highest BCUT2D eigenvalue weighted by atomic mass is 16.3. The number of piperidine rings is 1. The van der Waals surface area contributed by atoms with Gasteiger partial charge in [-0.05, 0) is 18.1 Å². The summed E-state index contributed by atoms with van der Waals surface area (Å²) in [5, 5.41) is 9.80. The summed E-state index contributed by atoms with van der Waals surface area (Å²) in [6, 6.07) is 8.45. The lowest BCUT2D eigenvalue weighted by Crippen LogP contribution is -2.47. The first kappa shape index (κ1) is 7.39. The molecule has 1 fully saturated rings. The monoisotopic (exact) mass is 175 g/mol. The molecule has 2 bridgehead atoms. The molecule has 13 heavy (non-hydrogen) atoms. The van der Waals surface area contributed by atoms with E-state index in [-0.39, 0.29) is 6.10 Å². The summed E-state index contributed by atoms with van der Waals surface area (Å²) in [4.78, 5) is 2.29. The van der Waals surface area contributed by atoms with Crippen molar-refractivity contribution in [2.45, 2.75) is 18.4 Å². The van der Waals surface area contributed by atoms with E-state index in [0.29, 0.717) is 5.92 Å². The standard InChI is InChI=1S/C11H13NO/c13-11-7-12-6-5-9(11)8-3-1-2-4-10(8)12/h1-4,9,11,13H,5-7H2. The number of para-hydroxylation sites is 1. The van der Waals surface area contributed by atoms with Crippen LogP contribution in [0.5, 0.6) is 0 Å². The maximum atomic E-state index is 9.80. The lowest BCUT2D eigenvalue weighted by atomic mass is 9.81. The van der Waals surface area contributed by atoms with E-state index in [4.69, 9.17) is 0 Å². The zero-order valence-corrected chi connectivity index (χ0v) is 7.48. The average molecular weight is 175 g/mol. The summed E-state index contributed by atoms with van der Waals surface area (Å²) >= 11 is 0. The van der Waals surface area contributed by atoms with Gasteiger partial charge in [-0.3, -0.25) is 0 Å². The van der Waals surface area contributed by atoms with Crippen LogP contribution in [0.3, 0.4) is 0 Å². The third-order valence-corrected chi connectivity index (χ3v) is 3.26. The number of fused-ring (bicyclic) bond motifs is 2. The molecule has 3 aliphatic heterocycles. The first-order valence-electron chi connectivity index (χ1n) is 4.88. The Labute approximate surface area is 77.8 Å². The van der Waals surface area contributed by atoms with Crippen LogP contribution in [0.4, 0.5) is 5.69 Å². The Kier molecular flexibility index (Phi) is 1.41. The van der Waals surface area contributed by atoms with E-state index in [1.165, 1.54) is 11.3 Å². The number of hydrogen-bond donors (Lipinski definition) is 1. The highest BCUT2D eigenvalue weighted by Gasteiger charge is 2.36. The van der Waals surface area contributed by atoms with Gasteiger partial charge in [0.2, 0.25) is 0 Å². The second-order valence-corrected chi connectivity index (χ2v) is 3.97. The Hall–Kier alpha value is -1.02. The molecule has 2 atom stereocenters. The van der Waals surface area contributed by atoms with Crippen molar-refractivity contribution < 1.29 is 5.11 Å². The number of aliphatic hydroxyl groups is 1. The summed E-state index contributed by atoms with van der Waals surface area (Å²) in [5.41, 5.74) is 2.68. The largest absolute Gasteiger partial charge is 0.391 e. The van der Waals surface area contributed by atoms with Crippen LogP contribution >= 0.6 is 0 Å². The Morgan fingerprint density at radius 3 is 3.00 bits per heavy atom. The topological polar surface area (TPSA) is 23.5 Å². The normalized spacial score (nSPS) is 30.4. The van der Waals surface area contributed by atoms with E-state index in [1.807, 2.05) is 0 Å². The molecule has 3 heterocycles. The third kappa shape index (κ3) is 0.923. The smallest absolute Gasteiger partial charge is 0.0784 e. The molecule has 2 unspecified atom stereocenters. The van der Waals surface area contributed by atoms with Gasteiger partial charge >= 0.3 is 0 Å². The summed E-state index contributed by atoms with van der Waals surface area (Å²) in [7, 11) is 0. The number of benzene rings is 1. The fourth-order valence-electron chi connectivity index (χ4n) is 2.60. The van der Waals surface area contributed by atoms with E-state index < -0.39 is 0 Å². The van der Waals surface area contributed by atoms with Crippen LogP contribution in [-0.4, -0.2) is 24.3 Å². The van der Waals surface area contributed by atoms with Gasteiger partial charge in [0, 0.05) is 24.7 Å². The highest BCUT2D eigenvalue weighted by molar-refractivity contribution is 5.59. The fraction of sp³-hybridized carbons (Fsp3) is 0.455. The van der Waals surface area contributed by atoms with E-state index in [9.17, 15) is 5.11 Å². The third-order valence-electron chi connectivity index (χ3n) is 3.26. The van der Waals surface area contributed by atoms with Gasteiger partial charge in [0.1, 0.15) is 0 Å². The van der Waals surface area contributed by atoms with Gasteiger partial charge in [0.25, 0.3) is 0 Å². The van der Waals surface area contributed by atoms with Gasteiger partial charge < -0.3 is 10.0 Å². The molecule has 0 aliphatic carbocycles. The summed E-state index contributed by atoms with van der Waals surface area (Å²) in [5.74, 6) is 0.390. The second kappa shape index (κ2) is 2.48. The quantitative estimate of drug-likeness (QED) is 0.643. The van der Waals surface area contributed by atoms with E-state index in [2.05, 4.69) is 29.2 Å². The molecule has 1 N–H and O–H groups in total. The molecule has 0 aromatic heterocycles. The van der Waals surface area contributed by atoms with Gasteiger partial charge in [0.15, 0.2) is 0 Å². The Morgan fingerprint density at radius 2 is 2.15 bits per heavy atom. The second-order valence-electron chi connectivity index (χ2n) is 3.97. The zero-order chi connectivity index (χ0) is 8.84. The van der Waals surface area contributed by atoms with Gasteiger partial charge in [-0.1, -0.05) is 18.2 Å². The van der Waals surface area contributed by atoms with Crippen molar-refractivity contribution in [1.29, 1.82) is 0 Å². The number of anilines is 1. The van der Waals surface area contributed by atoms with Gasteiger partial charge in [-0.25, -0.2) is 0 Å². The van der Waals surface area contributed by atoms with Crippen molar-refractivity contribution in [2.24, 2.45) is 0 Å². The molecule has 0 saturated carbocycles. The van der Waals surface area contributed by atoms with Crippen LogP contribution in [0.15, 0.2) is 24.3 Å². The van der Waals surface area contributed by atoms with Crippen LogP contribution < -0.4 is 4.90 Å². The molecule has 1 saturated heterocycles. The number of hydrogen-bond acceptors (Lipinski definition) is 2. The maximum absolute atomic E-state index is 9.80. The number of rotatable bonds is 0. The Balaban J connectivity index is 2.16. The summed E-state index contributed by atoms with van der Waals surface area (Å²) < 4.78 is 0. The van der Waals surface area contributed by atoms with Crippen molar-refractivity contribution >= 4 is 5.69 Å². The minimum atomic E-state index is -0.149. The van der Waals surface area contributed by atoms with Crippen molar-refractivity contribution in [1.82, 2.24) is 0 Å². The van der Waals surface area contributed by atoms with Crippen molar-refractivity contribution in [3.05, 3.63) is 29.8 Å². The lowest BCUT2D eigenvalue weighted by molar-refractivity contribution is 0.122. The molecule has 2 nitrogen and oxygen atoms in total. The van der Waals surface area contributed by atoms with Crippen LogP contribution in [-0.2, 0) is 0 Å². The van der Waals surface area contributed by atoms with Crippen LogP contribution in [0.2, 0.25) is 0 Å². The van der Waals surface area contributed by atoms with Gasteiger partial charge in [-0.15, -0.1) is 0 Å². The Morgan fingerprint density at radius 1 is 1.31 bits per heavy atom. The van der Waals surface area contributed by atoms with E-state index >= 15 is 0 Å². The molecule has 1 aromatic rings. The molecule has 4 rings (SSSR count). The molecular weight excluding hydrogens is 162 g/mol. The van der Waals surface area contributed by atoms with Crippen molar-refractivity contribution in [2.75, 3.05) is 18.0 Å². The summed E-state index contributed by atoms with van der Waals surface area (Å²) in [6.45, 7) is 1.93. The van der Waals surface area contributed by atoms with Crippen LogP contribution in [0, 0.1) is 0 Å². The molecule has 0 amide bonds. The van der Waals surface area contributed by atoms with E-state index in [1.54, 1.807) is 0 Å². The molecule has 0 radical (unpaired) electrons. The lowest BCUT2D eigenvalue weighted by Gasteiger charge is -2.45. The number of nitrogens with zero attached hydrogens (tertiary/aromatic N) is 1. The average Bonchev–Trinajstić information content (AvgIpc) is 2.19. The molecule has 2 heteroatoms. The Bertz CT molecular complexity index is 337. The predicted molar refractivity (Wildman–Crippen MR) is 52.0 cm³/mol. The first-order valence-corrected chi connectivity index (χ1v) is 4.88. The van der Waals surface area contributed by atoms with Gasteiger partial charge in [0.05, 0.1) is 6.10 Å². The SMILES string of the molecule is OC1CN2CCC1c1ccccc12. The minimum Gasteiger partial charge on any atom is -0.391 e. The minimum absolute atomic E-state index is 0.149. The van der Waals surface area contributed by atoms with Gasteiger partial charge in [-0.2, -0.15) is 0 Å². The first-order chi connectivity index (χ1) is 6.36. The number of aliphatic hydroxyl groups excluding tert-OH is 1. The fourth-order valence-corrected chi connectivity index (χ4v) is 2.60. The highest BCUT2D eigenvalue weighted by Crippen LogP contribution is 2.41. The van der Waals surface area contributed by atoms with Crippen LogP contribution in [0.25, 0.3) is 0 Å². The van der Waals surface area contributed by atoms with Crippen molar-refractivity contribution in [3.63, 3.8) is 0 Å². The summed E-state index contributed by atoms with van der Waals surface area (Å²) in [6.07, 6.45) is 0.960. The molecular formula is C11H13NO. The molecule has 1 aromatic carbocycles. The maximum Gasteiger partial charge on any atom is 0.0784 e. The molecule has 0 spiro atoms. The van der Waals surface area contributed by atoms with E-state index in [0.717, 1.165) is 19.5 Å². The molecule has 3 aliphatic rings. The predicted octanol–water partition coefficient (Wildman–Crippen LogP) is 1.35.